The first-order valence-corrected chi connectivity index (χ1v) is 7.87. The maximum atomic E-state index is 12.3. The first kappa shape index (κ1) is 16.5. The minimum atomic E-state index is -0.713. The molecular formula is C18H24N2O2. The normalized spacial score (nSPS) is 24.0. The van der Waals surface area contributed by atoms with Gasteiger partial charge in [-0.1, -0.05) is 36.8 Å². The van der Waals surface area contributed by atoms with Gasteiger partial charge in [-0.2, -0.15) is 5.26 Å². The van der Waals surface area contributed by atoms with Crippen LogP contribution in [0.1, 0.15) is 38.2 Å². The molecule has 0 spiro atoms. The van der Waals surface area contributed by atoms with E-state index in [1.807, 2.05) is 37.3 Å². The second kappa shape index (κ2) is 7.42. The van der Waals surface area contributed by atoms with Crippen LogP contribution in [0.3, 0.4) is 0 Å². The summed E-state index contributed by atoms with van der Waals surface area (Å²) in [5.74, 6) is -0.105. The van der Waals surface area contributed by atoms with Crippen LogP contribution in [0.15, 0.2) is 30.3 Å². The number of nitriles is 1. The summed E-state index contributed by atoms with van der Waals surface area (Å²) in [4.78, 5) is 12.3. The van der Waals surface area contributed by atoms with Gasteiger partial charge in [-0.15, -0.1) is 0 Å². The zero-order valence-corrected chi connectivity index (χ0v) is 13.3. The summed E-state index contributed by atoms with van der Waals surface area (Å²) < 4.78 is 5.02. The molecule has 1 N–H and O–H groups in total. The molecule has 1 saturated carbocycles. The lowest BCUT2D eigenvalue weighted by Crippen LogP contribution is -2.47. The summed E-state index contributed by atoms with van der Waals surface area (Å²) in [6.07, 6.45) is 3.98. The average Bonchev–Trinajstić information content (AvgIpc) is 2.59. The Kier molecular flexibility index (Phi) is 5.57. The first-order valence-electron chi connectivity index (χ1n) is 7.87. The predicted molar refractivity (Wildman–Crippen MR) is 85.2 cm³/mol. The van der Waals surface area contributed by atoms with Gasteiger partial charge in [-0.25, -0.2) is 0 Å². The van der Waals surface area contributed by atoms with E-state index in [4.69, 9.17) is 10.00 Å². The lowest BCUT2D eigenvalue weighted by molar-refractivity contribution is -0.146. The molecule has 22 heavy (non-hydrogen) atoms. The molecular weight excluding hydrogens is 276 g/mol. The molecule has 0 aromatic heterocycles. The molecule has 1 fully saturated rings. The Labute approximate surface area is 132 Å². The lowest BCUT2D eigenvalue weighted by atomic mass is 9.81. The number of ether oxygens (including phenoxy) is 1. The van der Waals surface area contributed by atoms with Crippen molar-refractivity contribution in [3.8, 4) is 6.07 Å². The molecule has 4 nitrogen and oxygen atoms in total. The van der Waals surface area contributed by atoms with Crippen molar-refractivity contribution >= 4 is 5.97 Å². The fraction of sp³-hybridized carbons (Fsp3) is 0.556. The van der Waals surface area contributed by atoms with Gasteiger partial charge in [0.25, 0.3) is 0 Å². The molecule has 4 heteroatoms. The Morgan fingerprint density at radius 1 is 1.41 bits per heavy atom. The van der Waals surface area contributed by atoms with Gasteiger partial charge in [-0.3, -0.25) is 4.79 Å². The van der Waals surface area contributed by atoms with E-state index in [1.165, 1.54) is 7.11 Å². The number of esters is 1. The van der Waals surface area contributed by atoms with E-state index in [0.717, 1.165) is 31.2 Å². The van der Waals surface area contributed by atoms with Gasteiger partial charge in [0.2, 0.25) is 0 Å². The quantitative estimate of drug-likeness (QED) is 0.849. The van der Waals surface area contributed by atoms with Crippen molar-refractivity contribution in [2.45, 2.75) is 44.1 Å². The van der Waals surface area contributed by atoms with Crippen molar-refractivity contribution in [1.82, 2.24) is 5.32 Å². The Morgan fingerprint density at radius 3 is 2.77 bits per heavy atom. The van der Waals surface area contributed by atoms with Crippen LogP contribution in [0.2, 0.25) is 0 Å². The smallest absolute Gasteiger partial charge is 0.317 e. The van der Waals surface area contributed by atoms with Crippen LogP contribution in [0.5, 0.6) is 0 Å². The summed E-state index contributed by atoms with van der Waals surface area (Å²) in [7, 11) is 1.43. The molecule has 0 aliphatic heterocycles. The van der Waals surface area contributed by atoms with Crippen LogP contribution in [0, 0.1) is 17.2 Å². The molecule has 1 aromatic rings. The fourth-order valence-electron chi connectivity index (χ4n) is 3.16. The van der Waals surface area contributed by atoms with E-state index in [-0.39, 0.29) is 11.9 Å². The monoisotopic (exact) mass is 300 g/mol. The standard InChI is InChI=1S/C18H24N2O2/c1-18(17(21)22-2,15-8-4-3-5-9-15)13-20-16-10-6-7-14(11-16)12-19/h3-5,8-9,14,16,20H,6-7,10-11,13H2,1-2H3/t14-,16-,18-/m1/s1. The van der Waals surface area contributed by atoms with Gasteiger partial charge in [0.15, 0.2) is 0 Å². The van der Waals surface area contributed by atoms with Crippen molar-refractivity contribution < 1.29 is 9.53 Å². The maximum Gasteiger partial charge on any atom is 0.317 e. The second-order valence-electron chi connectivity index (χ2n) is 6.26. The molecule has 1 aromatic carbocycles. The number of nitrogens with one attached hydrogen (secondary N) is 1. The molecule has 0 radical (unpaired) electrons. The third kappa shape index (κ3) is 3.66. The molecule has 0 unspecified atom stereocenters. The molecule has 0 heterocycles. The van der Waals surface area contributed by atoms with Crippen molar-refractivity contribution in [3.05, 3.63) is 35.9 Å². The van der Waals surface area contributed by atoms with Crippen LogP contribution in [0.25, 0.3) is 0 Å². The van der Waals surface area contributed by atoms with Crippen LogP contribution in [-0.2, 0) is 14.9 Å². The Morgan fingerprint density at radius 2 is 2.14 bits per heavy atom. The Bertz CT molecular complexity index is 538. The van der Waals surface area contributed by atoms with Crippen LogP contribution in [-0.4, -0.2) is 25.7 Å². The van der Waals surface area contributed by atoms with Crippen molar-refractivity contribution in [2.24, 2.45) is 5.92 Å². The summed E-state index contributed by atoms with van der Waals surface area (Å²) in [6.45, 7) is 2.43. The van der Waals surface area contributed by atoms with Crippen molar-refractivity contribution in [3.63, 3.8) is 0 Å². The van der Waals surface area contributed by atoms with Crippen LogP contribution in [0.4, 0.5) is 0 Å². The highest BCUT2D eigenvalue weighted by Crippen LogP contribution is 2.27. The van der Waals surface area contributed by atoms with Crippen LogP contribution >= 0.6 is 0 Å². The third-order valence-corrected chi connectivity index (χ3v) is 4.65. The van der Waals surface area contributed by atoms with Crippen LogP contribution < -0.4 is 5.32 Å². The summed E-state index contributed by atoms with van der Waals surface area (Å²) in [5.41, 5.74) is 0.234. The predicted octanol–water partition coefficient (Wildman–Crippen LogP) is 2.79. The number of methoxy groups -OCH3 is 1. The summed E-state index contributed by atoms with van der Waals surface area (Å²) >= 11 is 0. The second-order valence-corrected chi connectivity index (χ2v) is 6.26. The van der Waals surface area contributed by atoms with E-state index in [1.54, 1.807) is 0 Å². The minimum Gasteiger partial charge on any atom is -0.468 e. The van der Waals surface area contributed by atoms with Gasteiger partial charge >= 0.3 is 5.97 Å². The molecule has 2 rings (SSSR count). The number of benzene rings is 1. The fourth-order valence-corrected chi connectivity index (χ4v) is 3.16. The number of carbonyl (C=O) groups is 1. The summed E-state index contributed by atoms with van der Waals surface area (Å²) in [6, 6.07) is 12.4. The highest BCUT2D eigenvalue weighted by molar-refractivity contribution is 5.83. The molecule has 3 atom stereocenters. The number of nitrogens with zero attached hydrogens (tertiary/aromatic N) is 1. The molecule has 0 bridgehead atoms. The molecule has 0 saturated heterocycles. The van der Waals surface area contributed by atoms with Crippen molar-refractivity contribution in [2.75, 3.05) is 13.7 Å². The molecule has 0 amide bonds. The van der Waals surface area contributed by atoms with E-state index >= 15 is 0 Å². The van der Waals surface area contributed by atoms with E-state index < -0.39 is 5.41 Å². The Hall–Kier alpha value is -1.86. The third-order valence-electron chi connectivity index (χ3n) is 4.65. The largest absolute Gasteiger partial charge is 0.468 e. The number of hydrogen-bond acceptors (Lipinski definition) is 4. The Balaban J connectivity index is 2.08. The van der Waals surface area contributed by atoms with Gasteiger partial charge < -0.3 is 10.1 Å². The average molecular weight is 300 g/mol. The summed E-state index contributed by atoms with van der Waals surface area (Å²) in [5, 5.41) is 12.6. The van der Waals surface area contributed by atoms with Gasteiger partial charge in [-0.05, 0) is 31.7 Å². The van der Waals surface area contributed by atoms with E-state index in [9.17, 15) is 4.79 Å². The maximum absolute atomic E-state index is 12.3. The highest BCUT2D eigenvalue weighted by Gasteiger charge is 2.37. The number of hydrogen-bond donors (Lipinski definition) is 1. The lowest BCUT2D eigenvalue weighted by Gasteiger charge is -2.32. The number of carbonyl (C=O) groups excluding carboxylic acids is 1. The minimum absolute atomic E-state index is 0.132. The van der Waals surface area contributed by atoms with E-state index in [0.29, 0.717) is 12.6 Å². The molecule has 1 aliphatic carbocycles. The zero-order chi connectivity index (χ0) is 16.0. The van der Waals surface area contributed by atoms with Gasteiger partial charge in [0.05, 0.1) is 13.2 Å². The van der Waals surface area contributed by atoms with E-state index in [2.05, 4.69) is 11.4 Å². The SMILES string of the molecule is COC(=O)[C@](C)(CN[C@@H]1CCC[C@@H](C#N)C1)c1ccccc1. The van der Waals surface area contributed by atoms with Gasteiger partial charge in [0.1, 0.15) is 5.41 Å². The zero-order valence-electron chi connectivity index (χ0n) is 13.3. The van der Waals surface area contributed by atoms with Gasteiger partial charge in [0, 0.05) is 18.5 Å². The topological polar surface area (TPSA) is 62.1 Å². The highest BCUT2D eigenvalue weighted by atomic mass is 16.5. The molecule has 118 valence electrons. The number of rotatable bonds is 5. The molecule has 1 aliphatic rings. The first-order chi connectivity index (χ1) is 10.6. The van der Waals surface area contributed by atoms with Crippen molar-refractivity contribution in [1.29, 1.82) is 5.26 Å².